The summed E-state index contributed by atoms with van der Waals surface area (Å²) in [4.78, 5) is 14.6. The van der Waals surface area contributed by atoms with E-state index in [9.17, 15) is 9.90 Å². The second-order valence-corrected chi connectivity index (χ2v) is 6.89. The molecule has 0 aromatic heterocycles. The first kappa shape index (κ1) is 15.8. The van der Waals surface area contributed by atoms with Gasteiger partial charge < -0.3 is 14.7 Å². The molecule has 1 heterocycles. The third kappa shape index (κ3) is 3.17. The lowest BCUT2D eigenvalue weighted by atomic mass is 9.92. The first-order valence-electron chi connectivity index (χ1n) is 8.00. The molecule has 4 nitrogen and oxygen atoms in total. The van der Waals surface area contributed by atoms with Crippen molar-refractivity contribution in [3.8, 4) is 5.75 Å². The Morgan fingerprint density at radius 1 is 1.26 bits per heavy atom. The molecule has 1 fully saturated rings. The number of hydrogen-bond acceptors (Lipinski definition) is 3. The van der Waals surface area contributed by atoms with Gasteiger partial charge in [0.15, 0.2) is 0 Å². The summed E-state index contributed by atoms with van der Waals surface area (Å²) in [6, 6.07) is 11.3. The molecule has 1 amide bonds. The van der Waals surface area contributed by atoms with E-state index in [4.69, 9.17) is 4.74 Å². The van der Waals surface area contributed by atoms with Crippen LogP contribution in [0.3, 0.4) is 0 Å². The number of carbonyl (C=O) groups excluding carboxylic acids is 1. The van der Waals surface area contributed by atoms with Gasteiger partial charge in [0.1, 0.15) is 5.75 Å². The molecule has 0 spiro atoms. The molecule has 1 N–H and O–H groups in total. The average Bonchev–Trinajstić information content (AvgIpc) is 2.52. The lowest BCUT2D eigenvalue weighted by molar-refractivity contribution is -0.0756. The zero-order valence-electron chi connectivity index (χ0n) is 13.9. The number of fused-ring (bicyclic) bond motifs is 1. The highest BCUT2D eigenvalue weighted by Gasteiger charge is 2.33. The van der Waals surface area contributed by atoms with Gasteiger partial charge in [-0.2, -0.15) is 0 Å². The van der Waals surface area contributed by atoms with Crippen molar-refractivity contribution in [3.63, 3.8) is 0 Å². The van der Waals surface area contributed by atoms with Crippen LogP contribution < -0.4 is 0 Å². The number of ether oxygens (including phenoxy) is 1. The number of nitrogens with zero attached hydrogens (tertiary/aromatic N) is 1. The fourth-order valence-corrected chi connectivity index (χ4v) is 3.29. The molecule has 0 unspecified atom stereocenters. The molecule has 0 saturated carbocycles. The van der Waals surface area contributed by atoms with Crippen molar-refractivity contribution in [1.29, 1.82) is 0 Å². The monoisotopic (exact) mass is 313 g/mol. The predicted octanol–water partition coefficient (Wildman–Crippen LogP) is 3.58. The number of hydrogen-bond donors (Lipinski definition) is 1. The van der Waals surface area contributed by atoms with Crippen molar-refractivity contribution in [2.45, 2.75) is 38.3 Å². The molecule has 2 aromatic rings. The summed E-state index contributed by atoms with van der Waals surface area (Å²) in [5.74, 6) is -0.108. The van der Waals surface area contributed by atoms with Crippen LogP contribution in [0.2, 0.25) is 0 Å². The number of phenols is 1. The summed E-state index contributed by atoms with van der Waals surface area (Å²) in [5, 5.41) is 12.1. The van der Waals surface area contributed by atoms with Gasteiger partial charge in [-0.1, -0.05) is 24.3 Å². The largest absolute Gasteiger partial charge is 0.507 e. The number of phenolic OH excluding ortho intramolecular Hbond substituents is 1. The van der Waals surface area contributed by atoms with Crippen molar-refractivity contribution in [1.82, 2.24) is 4.90 Å². The van der Waals surface area contributed by atoms with Gasteiger partial charge >= 0.3 is 0 Å². The molecule has 23 heavy (non-hydrogen) atoms. The molecule has 0 bridgehead atoms. The number of aromatic hydroxyl groups is 1. The number of rotatable bonds is 2. The van der Waals surface area contributed by atoms with E-state index in [1.807, 2.05) is 45.2 Å². The van der Waals surface area contributed by atoms with E-state index in [1.54, 1.807) is 17.0 Å². The Morgan fingerprint density at radius 2 is 1.91 bits per heavy atom. The second-order valence-electron chi connectivity index (χ2n) is 6.89. The predicted molar refractivity (Wildman–Crippen MR) is 90.8 cm³/mol. The molecule has 1 aliphatic heterocycles. The Kier molecular flexibility index (Phi) is 4.02. The molecular weight excluding hydrogens is 290 g/mol. The van der Waals surface area contributed by atoms with E-state index in [-0.39, 0.29) is 23.3 Å². The highest BCUT2D eigenvalue weighted by atomic mass is 16.5. The van der Waals surface area contributed by atoms with Crippen molar-refractivity contribution < 1.29 is 14.6 Å². The van der Waals surface area contributed by atoms with Crippen LogP contribution in [0, 0.1) is 0 Å². The fraction of sp³-hybridized carbons (Fsp3) is 0.421. The highest BCUT2D eigenvalue weighted by Crippen LogP contribution is 2.30. The Balaban J connectivity index is 1.89. The normalized spacial score (nSPS) is 20.4. The Hall–Kier alpha value is -2.07. The number of benzene rings is 2. The van der Waals surface area contributed by atoms with Crippen LogP contribution in [0.1, 0.15) is 37.0 Å². The molecule has 4 heteroatoms. The lowest BCUT2D eigenvalue weighted by Gasteiger charge is -2.39. The van der Waals surface area contributed by atoms with E-state index < -0.39 is 0 Å². The minimum atomic E-state index is -0.219. The standard InChI is InChI=1S/C19H23NO3/c1-19(2)12-15(8-9-23-19)20(3)18(22)16-10-13-6-4-5-7-14(13)11-17(16)21/h4-7,10-11,15,21H,8-9,12H2,1-3H3/t15-/m1/s1. The van der Waals surface area contributed by atoms with E-state index in [0.29, 0.717) is 12.2 Å². The van der Waals surface area contributed by atoms with Gasteiger partial charge in [0.2, 0.25) is 0 Å². The zero-order valence-corrected chi connectivity index (χ0v) is 13.9. The third-order valence-electron chi connectivity index (χ3n) is 4.63. The maximum Gasteiger partial charge on any atom is 0.257 e. The Bertz CT molecular complexity index is 738. The first-order chi connectivity index (χ1) is 10.9. The highest BCUT2D eigenvalue weighted by molar-refractivity contribution is 6.01. The number of amides is 1. The maximum atomic E-state index is 12.8. The summed E-state index contributed by atoms with van der Waals surface area (Å²) in [6.45, 7) is 4.74. The van der Waals surface area contributed by atoms with E-state index in [2.05, 4.69) is 0 Å². The maximum absolute atomic E-state index is 12.8. The van der Waals surface area contributed by atoms with Crippen molar-refractivity contribution in [3.05, 3.63) is 42.0 Å². The van der Waals surface area contributed by atoms with Crippen LogP contribution in [0.15, 0.2) is 36.4 Å². The van der Waals surface area contributed by atoms with Crippen LogP contribution in [-0.2, 0) is 4.74 Å². The van der Waals surface area contributed by atoms with Crippen molar-refractivity contribution >= 4 is 16.7 Å². The summed E-state index contributed by atoms with van der Waals surface area (Å²) >= 11 is 0. The van der Waals surface area contributed by atoms with Crippen LogP contribution >= 0.6 is 0 Å². The van der Waals surface area contributed by atoms with Crippen LogP contribution in [0.5, 0.6) is 5.75 Å². The van der Waals surface area contributed by atoms with Crippen molar-refractivity contribution in [2.75, 3.05) is 13.7 Å². The van der Waals surface area contributed by atoms with Crippen LogP contribution in [0.4, 0.5) is 0 Å². The summed E-state index contributed by atoms with van der Waals surface area (Å²) in [6.07, 6.45) is 1.61. The molecule has 1 atom stereocenters. The molecule has 3 rings (SSSR count). The van der Waals surface area contributed by atoms with E-state index >= 15 is 0 Å². The van der Waals surface area contributed by atoms with Crippen molar-refractivity contribution in [2.24, 2.45) is 0 Å². The minimum Gasteiger partial charge on any atom is -0.507 e. The van der Waals surface area contributed by atoms with Gasteiger partial charge in [0.05, 0.1) is 11.2 Å². The molecule has 1 aliphatic rings. The quantitative estimate of drug-likeness (QED) is 0.922. The summed E-state index contributed by atoms with van der Waals surface area (Å²) in [5.41, 5.74) is 0.138. The number of carbonyl (C=O) groups is 1. The van der Waals surface area contributed by atoms with Gasteiger partial charge in [0.25, 0.3) is 5.91 Å². The fourth-order valence-electron chi connectivity index (χ4n) is 3.29. The Labute approximate surface area is 136 Å². The van der Waals surface area contributed by atoms with E-state index in [0.717, 1.165) is 23.6 Å². The van der Waals surface area contributed by atoms with Gasteiger partial charge in [-0.05, 0) is 49.6 Å². The second kappa shape index (κ2) is 5.85. The summed E-state index contributed by atoms with van der Waals surface area (Å²) < 4.78 is 5.73. The Morgan fingerprint density at radius 3 is 2.57 bits per heavy atom. The summed E-state index contributed by atoms with van der Waals surface area (Å²) in [7, 11) is 1.81. The molecular formula is C19H23NO3. The lowest BCUT2D eigenvalue weighted by Crippen LogP contribution is -2.46. The van der Waals surface area contributed by atoms with Gasteiger partial charge in [0, 0.05) is 19.7 Å². The zero-order chi connectivity index (χ0) is 16.6. The SMILES string of the molecule is CN(C(=O)c1cc2ccccc2cc1O)[C@@H]1CCOC(C)(C)C1. The van der Waals surface area contributed by atoms with Gasteiger partial charge in [-0.25, -0.2) is 0 Å². The molecule has 122 valence electrons. The van der Waals surface area contributed by atoms with Crippen LogP contribution in [-0.4, -0.2) is 41.2 Å². The topological polar surface area (TPSA) is 49.8 Å². The van der Waals surface area contributed by atoms with E-state index in [1.165, 1.54) is 0 Å². The molecule has 1 saturated heterocycles. The smallest absolute Gasteiger partial charge is 0.257 e. The average molecular weight is 313 g/mol. The molecule has 2 aromatic carbocycles. The minimum absolute atomic E-state index is 0.0341. The van der Waals surface area contributed by atoms with Crippen LogP contribution in [0.25, 0.3) is 10.8 Å². The first-order valence-corrected chi connectivity index (χ1v) is 8.00. The van der Waals surface area contributed by atoms with Gasteiger partial charge in [-0.15, -0.1) is 0 Å². The molecule has 0 radical (unpaired) electrons. The van der Waals surface area contributed by atoms with Gasteiger partial charge in [-0.3, -0.25) is 4.79 Å². The third-order valence-corrected chi connectivity index (χ3v) is 4.63. The molecule has 0 aliphatic carbocycles.